The number of benzene rings is 1. The van der Waals surface area contributed by atoms with Crippen LogP contribution in [0.25, 0.3) is 0 Å². The van der Waals surface area contributed by atoms with Crippen LogP contribution >= 0.6 is 0 Å². The van der Waals surface area contributed by atoms with Gasteiger partial charge in [-0.3, -0.25) is 20.4 Å². The molecule has 2 aromatic rings. The van der Waals surface area contributed by atoms with Gasteiger partial charge in [-0.2, -0.15) is 0 Å². The minimum absolute atomic E-state index is 0.351. The molecule has 0 saturated heterocycles. The average Bonchev–Trinajstić information content (AvgIpc) is 2.91. The van der Waals surface area contributed by atoms with Crippen molar-refractivity contribution in [3.8, 4) is 5.75 Å². The lowest BCUT2D eigenvalue weighted by Gasteiger charge is -2.10. The predicted molar refractivity (Wildman–Crippen MR) is 76.0 cm³/mol. The van der Waals surface area contributed by atoms with Gasteiger partial charge in [0.25, 0.3) is 11.8 Å². The number of ether oxygens (including phenoxy) is 1. The maximum Gasteiger partial charge on any atom is 0.273 e. The summed E-state index contributed by atoms with van der Waals surface area (Å²) in [7, 11) is 0. The normalized spacial score (nSPS) is 10.0. The second-order valence-electron chi connectivity index (χ2n) is 4.23. The van der Waals surface area contributed by atoms with Crippen LogP contribution < -0.4 is 15.6 Å². The van der Waals surface area contributed by atoms with Crippen molar-refractivity contribution in [1.29, 1.82) is 0 Å². The van der Waals surface area contributed by atoms with E-state index in [1.165, 1.54) is 12.3 Å². The fraction of sp³-hybridized carbons (Fsp3) is 0.200. The molecule has 6 heteroatoms. The highest BCUT2D eigenvalue weighted by Crippen LogP contribution is 2.17. The molecule has 0 fully saturated rings. The van der Waals surface area contributed by atoms with Crippen LogP contribution in [0.2, 0.25) is 0 Å². The number of rotatable bonds is 4. The zero-order chi connectivity index (χ0) is 15.2. The molecule has 0 aliphatic heterocycles. The SMILES string of the molecule is CCOc1ccccc1C(=O)NNC(=O)c1ccoc1C. The molecule has 0 saturated carbocycles. The molecule has 1 aromatic heterocycles. The number of furan rings is 1. The van der Waals surface area contributed by atoms with E-state index in [0.29, 0.717) is 29.2 Å². The summed E-state index contributed by atoms with van der Waals surface area (Å²) in [5, 5.41) is 0. The van der Waals surface area contributed by atoms with Gasteiger partial charge in [-0.15, -0.1) is 0 Å². The quantitative estimate of drug-likeness (QED) is 0.844. The summed E-state index contributed by atoms with van der Waals surface area (Å²) in [6.07, 6.45) is 1.41. The zero-order valence-electron chi connectivity index (χ0n) is 11.8. The molecule has 2 N–H and O–H groups in total. The summed E-state index contributed by atoms with van der Waals surface area (Å²) in [5.74, 6) is 0.0553. The smallest absolute Gasteiger partial charge is 0.273 e. The molecule has 110 valence electrons. The Hall–Kier alpha value is -2.76. The first kappa shape index (κ1) is 14.6. The Bertz CT molecular complexity index is 649. The van der Waals surface area contributed by atoms with Crippen LogP contribution in [0.5, 0.6) is 5.75 Å². The maximum atomic E-state index is 12.1. The van der Waals surface area contributed by atoms with Gasteiger partial charge < -0.3 is 9.15 Å². The molecule has 0 unspecified atom stereocenters. The van der Waals surface area contributed by atoms with E-state index in [4.69, 9.17) is 9.15 Å². The highest BCUT2D eigenvalue weighted by molar-refractivity contribution is 6.00. The van der Waals surface area contributed by atoms with Gasteiger partial charge >= 0.3 is 0 Å². The van der Waals surface area contributed by atoms with Crippen LogP contribution in [0.3, 0.4) is 0 Å². The van der Waals surface area contributed by atoms with E-state index in [1.807, 2.05) is 6.92 Å². The third-order valence-corrected chi connectivity index (χ3v) is 2.82. The lowest BCUT2D eigenvalue weighted by atomic mass is 10.2. The van der Waals surface area contributed by atoms with Crippen LogP contribution in [0.15, 0.2) is 41.0 Å². The Kier molecular flexibility index (Phi) is 4.61. The van der Waals surface area contributed by atoms with E-state index >= 15 is 0 Å². The molecule has 6 nitrogen and oxygen atoms in total. The fourth-order valence-electron chi connectivity index (χ4n) is 1.80. The molecule has 1 aromatic carbocycles. The Balaban J connectivity index is 2.02. The Morgan fingerprint density at radius 3 is 2.38 bits per heavy atom. The largest absolute Gasteiger partial charge is 0.493 e. The van der Waals surface area contributed by atoms with Gasteiger partial charge in [0.05, 0.1) is 24.0 Å². The van der Waals surface area contributed by atoms with Gasteiger partial charge in [0.2, 0.25) is 0 Å². The van der Waals surface area contributed by atoms with Crippen LogP contribution in [0, 0.1) is 6.92 Å². The van der Waals surface area contributed by atoms with Gasteiger partial charge in [0, 0.05) is 0 Å². The summed E-state index contributed by atoms with van der Waals surface area (Å²) in [4.78, 5) is 23.9. The van der Waals surface area contributed by atoms with E-state index in [1.54, 1.807) is 31.2 Å². The molecule has 2 amide bonds. The van der Waals surface area contributed by atoms with Crippen LogP contribution in [0.1, 0.15) is 33.4 Å². The number of amides is 2. The Morgan fingerprint density at radius 2 is 1.76 bits per heavy atom. The van der Waals surface area contributed by atoms with Gasteiger partial charge in [0.15, 0.2) is 0 Å². The van der Waals surface area contributed by atoms with Crippen LogP contribution in [0.4, 0.5) is 0 Å². The monoisotopic (exact) mass is 288 g/mol. The summed E-state index contributed by atoms with van der Waals surface area (Å²) < 4.78 is 10.4. The van der Waals surface area contributed by atoms with E-state index in [2.05, 4.69) is 10.9 Å². The van der Waals surface area contributed by atoms with Gasteiger partial charge in [0.1, 0.15) is 11.5 Å². The van der Waals surface area contributed by atoms with Gasteiger partial charge in [-0.25, -0.2) is 0 Å². The van der Waals surface area contributed by atoms with E-state index in [9.17, 15) is 9.59 Å². The minimum atomic E-state index is -0.450. The molecular formula is C15H16N2O4. The highest BCUT2D eigenvalue weighted by Gasteiger charge is 2.15. The summed E-state index contributed by atoms with van der Waals surface area (Å²) in [5.41, 5.74) is 5.41. The van der Waals surface area contributed by atoms with E-state index in [0.717, 1.165) is 0 Å². The average molecular weight is 288 g/mol. The van der Waals surface area contributed by atoms with Crippen LogP contribution in [-0.4, -0.2) is 18.4 Å². The Morgan fingerprint density at radius 1 is 1.10 bits per heavy atom. The van der Waals surface area contributed by atoms with Crippen molar-refractivity contribution < 1.29 is 18.7 Å². The standard InChI is InChI=1S/C15H16N2O4/c1-3-20-13-7-5-4-6-12(13)15(19)17-16-14(18)11-8-9-21-10(11)2/h4-9H,3H2,1-2H3,(H,16,18)(H,17,19). The number of hydrazine groups is 1. The van der Waals surface area contributed by atoms with E-state index < -0.39 is 11.8 Å². The van der Waals surface area contributed by atoms with Crippen molar-refractivity contribution in [2.75, 3.05) is 6.61 Å². The van der Waals surface area contributed by atoms with Crippen molar-refractivity contribution in [3.05, 3.63) is 53.5 Å². The topological polar surface area (TPSA) is 80.6 Å². The molecule has 0 radical (unpaired) electrons. The molecule has 0 bridgehead atoms. The number of hydrogen-bond donors (Lipinski definition) is 2. The molecular weight excluding hydrogens is 272 g/mol. The van der Waals surface area contributed by atoms with Crippen molar-refractivity contribution in [2.45, 2.75) is 13.8 Å². The third-order valence-electron chi connectivity index (χ3n) is 2.82. The predicted octanol–water partition coefficient (Wildman–Crippen LogP) is 2.06. The van der Waals surface area contributed by atoms with Crippen LogP contribution in [-0.2, 0) is 0 Å². The van der Waals surface area contributed by atoms with Crippen molar-refractivity contribution in [1.82, 2.24) is 10.9 Å². The summed E-state index contributed by atoms with van der Waals surface area (Å²) in [6, 6.07) is 8.34. The number of carbonyl (C=O) groups excluding carboxylic acids is 2. The summed E-state index contributed by atoms with van der Waals surface area (Å²) >= 11 is 0. The molecule has 21 heavy (non-hydrogen) atoms. The number of carbonyl (C=O) groups is 2. The minimum Gasteiger partial charge on any atom is -0.493 e. The number of aryl methyl sites for hydroxylation is 1. The number of nitrogens with one attached hydrogen (secondary N) is 2. The van der Waals surface area contributed by atoms with Crippen molar-refractivity contribution >= 4 is 11.8 Å². The van der Waals surface area contributed by atoms with Crippen molar-refractivity contribution in [3.63, 3.8) is 0 Å². The molecule has 2 rings (SSSR count). The van der Waals surface area contributed by atoms with Crippen molar-refractivity contribution in [2.24, 2.45) is 0 Å². The van der Waals surface area contributed by atoms with E-state index in [-0.39, 0.29) is 0 Å². The highest BCUT2D eigenvalue weighted by atomic mass is 16.5. The third kappa shape index (κ3) is 3.42. The Labute approximate surface area is 122 Å². The molecule has 0 aliphatic rings. The van der Waals surface area contributed by atoms with Gasteiger partial charge in [-0.1, -0.05) is 12.1 Å². The molecule has 1 heterocycles. The second-order valence-corrected chi connectivity index (χ2v) is 4.23. The second kappa shape index (κ2) is 6.60. The number of hydrogen-bond acceptors (Lipinski definition) is 4. The molecule has 0 atom stereocenters. The lowest BCUT2D eigenvalue weighted by molar-refractivity contribution is 0.0843. The zero-order valence-corrected chi connectivity index (χ0v) is 11.8. The molecule has 0 spiro atoms. The maximum absolute atomic E-state index is 12.1. The number of para-hydroxylation sites is 1. The lowest BCUT2D eigenvalue weighted by Crippen LogP contribution is -2.41. The first-order valence-electron chi connectivity index (χ1n) is 6.50. The van der Waals surface area contributed by atoms with Gasteiger partial charge in [-0.05, 0) is 32.0 Å². The fourth-order valence-corrected chi connectivity index (χ4v) is 1.80. The first-order chi connectivity index (χ1) is 10.1. The summed E-state index contributed by atoms with van der Waals surface area (Å²) in [6.45, 7) is 3.95. The first-order valence-corrected chi connectivity index (χ1v) is 6.50. The molecule has 0 aliphatic carbocycles.